The van der Waals surface area contributed by atoms with Gasteiger partial charge in [0, 0.05) is 31.7 Å². The molecule has 0 aromatic heterocycles. The van der Waals surface area contributed by atoms with Crippen molar-refractivity contribution in [3.63, 3.8) is 0 Å². The summed E-state index contributed by atoms with van der Waals surface area (Å²) in [4.78, 5) is 28.2. The number of oxime groups is 1. The van der Waals surface area contributed by atoms with Crippen molar-refractivity contribution in [2.75, 3.05) is 26.2 Å². The van der Waals surface area contributed by atoms with Crippen molar-refractivity contribution >= 4 is 38.3 Å². The number of piperazine rings is 1. The monoisotopic (exact) mass is 699 g/mol. The molecule has 262 valence electrons. The Kier molecular flexibility index (Phi) is 13.7. The van der Waals surface area contributed by atoms with Crippen LogP contribution in [0.3, 0.4) is 0 Å². The van der Waals surface area contributed by atoms with Gasteiger partial charge in [-0.2, -0.15) is 13.1 Å². The van der Waals surface area contributed by atoms with E-state index < -0.39 is 38.5 Å². The molecule has 0 spiro atoms. The highest BCUT2D eigenvalue weighted by Gasteiger charge is 2.35. The lowest BCUT2D eigenvalue weighted by molar-refractivity contribution is -0.134. The molecule has 47 heavy (non-hydrogen) atoms. The fourth-order valence-corrected chi connectivity index (χ4v) is 7.00. The SMILES string of the molecule is CC(C)c1cc(C(C)C)c(S(=O)(=O)N[C@@H](Cc2cccc(/C(N)=N\O)c2)C(=O)N2CCN(C(=O)O)CC2)c(C(C)C)c1.O=S(=O)(O)O. The summed E-state index contributed by atoms with van der Waals surface area (Å²) in [5, 5.41) is 21.5. The van der Waals surface area contributed by atoms with Gasteiger partial charge < -0.3 is 25.8 Å². The van der Waals surface area contributed by atoms with Gasteiger partial charge in [0.2, 0.25) is 15.9 Å². The maximum Gasteiger partial charge on any atom is 0.407 e. The Morgan fingerprint density at radius 1 is 0.872 bits per heavy atom. The second-order valence-electron chi connectivity index (χ2n) is 12.1. The van der Waals surface area contributed by atoms with Crippen molar-refractivity contribution in [2.45, 2.75) is 76.7 Å². The summed E-state index contributed by atoms with van der Waals surface area (Å²) in [5.74, 6) is -0.551. The maximum absolute atomic E-state index is 14.3. The Bertz CT molecular complexity index is 1630. The summed E-state index contributed by atoms with van der Waals surface area (Å²) in [5.41, 5.74) is 9.22. The lowest BCUT2D eigenvalue weighted by Crippen LogP contribution is -2.56. The van der Waals surface area contributed by atoms with Gasteiger partial charge in [0.25, 0.3) is 0 Å². The second-order valence-corrected chi connectivity index (χ2v) is 14.6. The number of carbonyl (C=O) groups is 2. The van der Waals surface area contributed by atoms with E-state index in [2.05, 4.69) is 23.7 Å². The molecule has 1 aliphatic rings. The number of carbonyl (C=O) groups excluding carboxylic acids is 1. The first-order valence-corrected chi connectivity index (χ1v) is 17.8. The zero-order valence-corrected chi connectivity index (χ0v) is 28.9. The van der Waals surface area contributed by atoms with Crippen LogP contribution < -0.4 is 10.5 Å². The smallest absolute Gasteiger partial charge is 0.407 e. The van der Waals surface area contributed by atoms with Crippen LogP contribution >= 0.6 is 0 Å². The number of hydrogen-bond acceptors (Lipinski definition) is 8. The highest BCUT2D eigenvalue weighted by molar-refractivity contribution is 7.89. The Hall–Kier alpha value is -3.77. The van der Waals surface area contributed by atoms with Gasteiger partial charge in [0.1, 0.15) is 6.04 Å². The van der Waals surface area contributed by atoms with Gasteiger partial charge in [0.15, 0.2) is 5.84 Å². The average molecular weight is 700 g/mol. The van der Waals surface area contributed by atoms with E-state index in [9.17, 15) is 23.1 Å². The van der Waals surface area contributed by atoms with E-state index in [-0.39, 0.29) is 61.1 Å². The molecule has 0 bridgehead atoms. The van der Waals surface area contributed by atoms with Crippen molar-refractivity contribution in [3.8, 4) is 0 Å². The van der Waals surface area contributed by atoms with Gasteiger partial charge in [-0.25, -0.2) is 13.2 Å². The molecule has 15 nitrogen and oxygen atoms in total. The highest BCUT2D eigenvalue weighted by atomic mass is 32.3. The lowest BCUT2D eigenvalue weighted by atomic mass is 9.89. The Labute approximate surface area is 276 Å². The first-order valence-electron chi connectivity index (χ1n) is 14.9. The number of amides is 2. The third-order valence-corrected chi connectivity index (χ3v) is 9.18. The number of amidine groups is 1. The lowest BCUT2D eigenvalue weighted by Gasteiger charge is -2.35. The zero-order chi connectivity index (χ0) is 35.9. The van der Waals surface area contributed by atoms with E-state index in [4.69, 9.17) is 28.5 Å². The first-order chi connectivity index (χ1) is 21.7. The fourth-order valence-electron chi connectivity index (χ4n) is 5.12. The fraction of sp³-hybridized carbons (Fsp3) is 0.500. The Morgan fingerprint density at radius 2 is 1.36 bits per heavy atom. The van der Waals surface area contributed by atoms with Crippen molar-refractivity contribution in [1.29, 1.82) is 0 Å². The van der Waals surface area contributed by atoms with Crippen molar-refractivity contribution in [3.05, 3.63) is 64.2 Å². The quantitative estimate of drug-likeness (QED) is 0.0692. The van der Waals surface area contributed by atoms with Gasteiger partial charge >= 0.3 is 16.5 Å². The number of nitrogens with one attached hydrogen (secondary N) is 1. The largest absolute Gasteiger partial charge is 0.465 e. The van der Waals surface area contributed by atoms with E-state index >= 15 is 0 Å². The summed E-state index contributed by atoms with van der Waals surface area (Å²) in [7, 11) is -8.87. The van der Waals surface area contributed by atoms with Gasteiger partial charge in [-0.15, -0.1) is 0 Å². The maximum atomic E-state index is 14.3. The molecular weight excluding hydrogens is 654 g/mol. The van der Waals surface area contributed by atoms with Crippen LogP contribution in [-0.4, -0.2) is 96.1 Å². The number of sulfonamides is 1. The molecule has 2 amide bonds. The van der Waals surface area contributed by atoms with Crippen LogP contribution in [0.2, 0.25) is 0 Å². The van der Waals surface area contributed by atoms with E-state index in [1.807, 2.05) is 39.8 Å². The number of hydrogen-bond donors (Lipinski definition) is 6. The molecule has 17 heteroatoms. The molecule has 1 aliphatic heterocycles. The number of rotatable bonds is 10. The molecule has 1 saturated heterocycles. The van der Waals surface area contributed by atoms with Crippen LogP contribution in [0.5, 0.6) is 0 Å². The molecule has 0 unspecified atom stereocenters. The molecule has 3 rings (SSSR count). The van der Waals surface area contributed by atoms with E-state index in [1.54, 1.807) is 24.3 Å². The molecule has 1 fully saturated rings. The van der Waals surface area contributed by atoms with Crippen LogP contribution in [0.4, 0.5) is 4.79 Å². The molecule has 0 aliphatic carbocycles. The number of carboxylic acid groups (broad SMARTS) is 1. The van der Waals surface area contributed by atoms with Crippen molar-refractivity contribution in [2.24, 2.45) is 10.9 Å². The summed E-state index contributed by atoms with van der Waals surface area (Å²) >= 11 is 0. The molecule has 7 N–H and O–H groups in total. The topological polar surface area (TPSA) is 240 Å². The summed E-state index contributed by atoms with van der Waals surface area (Å²) in [6.07, 6.45) is -1.06. The van der Waals surface area contributed by atoms with E-state index in [0.29, 0.717) is 22.3 Å². The average Bonchev–Trinajstić information content (AvgIpc) is 2.98. The van der Waals surface area contributed by atoms with E-state index in [1.165, 1.54) is 9.80 Å². The predicted octanol–water partition coefficient (Wildman–Crippen LogP) is 3.21. The van der Waals surface area contributed by atoms with Crippen molar-refractivity contribution in [1.82, 2.24) is 14.5 Å². The molecule has 0 radical (unpaired) electrons. The highest BCUT2D eigenvalue weighted by Crippen LogP contribution is 2.35. The molecule has 1 atom stereocenters. The third kappa shape index (κ3) is 11.5. The second kappa shape index (κ2) is 16.4. The number of benzene rings is 2. The first kappa shape index (κ1) is 39.4. The summed E-state index contributed by atoms with van der Waals surface area (Å²) in [6.45, 7) is 12.5. The van der Waals surface area contributed by atoms with Crippen LogP contribution in [0, 0.1) is 0 Å². The number of nitrogens with zero attached hydrogens (tertiary/aromatic N) is 3. The molecule has 2 aromatic carbocycles. The third-order valence-electron chi connectivity index (χ3n) is 7.58. The van der Waals surface area contributed by atoms with E-state index in [0.717, 1.165) is 5.56 Å². The summed E-state index contributed by atoms with van der Waals surface area (Å²) < 4.78 is 62.9. The van der Waals surface area contributed by atoms with Gasteiger partial charge in [-0.3, -0.25) is 13.9 Å². The minimum absolute atomic E-state index is 0.00184. The zero-order valence-electron chi connectivity index (χ0n) is 27.3. The van der Waals surface area contributed by atoms with Crippen LogP contribution in [0.15, 0.2) is 46.4 Å². The minimum atomic E-state index is -4.67. The Morgan fingerprint density at radius 3 is 1.79 bits per heavy atom. The molecule has 1 heterocycles. The normalized spacial score (nSPS) is 15.1. The Balaban J connectivity index is 0.00000142. The van der Waals surface area contributed by atoms with Crippen LogP contribution in [-0.2, 0) is 31.6 Å². The predicted molar refractivity (Wildman–Crippen MR) is 176 cm³/mol. The number of nitrogens with two attached hydrogens (primary N) is 1. The minimum Gasteiger partial charge on any atom is -0.465 e. The molecule has 0 saturated carbocycles. The molecular formula is C30H45N5O10S2. The summed E-state index contributed by atoms with van der Waals surface area (Å²) in [6, 6.07) is 9.41. The van der Waals surface area contributed by atoms with Gasteiger partial charge in [-0.1, -0.05) is 77.0 Å². The molecule has 2 aromatic rings. The van der Waals surface area contributed by atoms with Crippen LogP contribution in [0.1, 0.15) is 87.1 Å². The standard InChI is InChI=1S/C30H43N5O6S.H2O4S/c1-18(2)23-16-24(19(3)4)27(25(17-23)20(5)6)42(40,41)33-26(15-21-8-7-9-22(14-21)28(31)32-39)29(36)34-10-12-35(13-11-34)30(37)38;1-5(2,3)4/h7-9,14,16-20,26,33,39H,10-13,15H2,1-6H3,(H2,31,32)(H,37,38);(H2,1,2,3,4)/t26-;/m0./s1. The van der Waals surface area contributed by atoms with Gasteiger partial charge in [-0.05, 0) is 52.5 Å². The van der Waals surface area contributed by atoms with Crippen molar-refractivity contribution < 1.29 is 45.8 Å². The van der Waals surface area contributed by atoms with Gasteiger partial charge in [0.05, 0.1) is 4.90 Å². The van der Waals surface area contributed by atoms with Crippen LogP contribution in [0.25, 0.3) is 0 Å².